The van der Waals surface area contributed by atoms with Crippen molar-refractivity contribution in [2.24, 2.45) is 0 Å². The molecule has 0 spiro atoms. The van der Waals surface area contributed by atoms with Crippen molar-refractivity contribution in [3.63, 3.8) is 0 Å². The van der Waals surface area contributed by atoms with Gasteiger partial charge in [0.25, 0.3) is 5.91 Å². The van der Waals surface area contributed by atoms with E-state index in [9.17, 15) is 4.79 Å². The summed E-state index contributed by atoms with van der Waals surface area (Å²) in [6.07, 6.45) is 3.46. The number of nitrogens with zero attached hydrogens (tertiary/aromatic N) is 2. The van der Waals surface area contributed by atoms with Crippen LogP contribution in [0, 0.1) is 0 Å². The predicted molar refractivity (Wildman–Crippen MR) is 102 cm³/mol. The average molecular weight is 354 g/mol. The van der Waals surface area contributed by atoms with Crippen molar-refractivity contribution in [1.29, 1.82) is 0 Å². The number of hydrogen-bond acceptors (Lipinski definition) is 2. The van der Waals surface area contributed by atoms with Crippen LogP contribution < -0.4 is 5.32 Å². The molecule has 0 saturated heterocycles. The second-order valence-electron chi connectivity index (χ2n) is 5.76. The molecule has 1 amide bonds. The molecule has 1 N–H and O–H groups in total. The largest absolute Gasteiger partial charge is 0.352 e. The van der Waals surface area contributed by atoms with Crippen LogP contribution in [-0.2, 0) is 13.0 Å². The van der Waals surface area contributed by atoms with Crippen molar-refractivity contribution in [1.82, 2.24) is 14.9 Å². The molecule has 0 unspecified atom stereocenters. The van der Waals surface area contributed by atoms with Crippen molar-refractivity contribution >= 4 is 28.5 Å². The van der Waals surface area contributed by atoms with Gasteiger partial charge in [0.1, 0.15) is 5.82 Å². The number of halogens is 1. The summed E-state index contributed by atoms with van der Waals surface area (Å²) < 4.78 is 2.16. The van der Waals surface area contributed by atoms with E-state index in [1.165, 1.54) is 0 Å². The Kier molecular flexibility index (Phi) is 5.51. The first kappa shape index (κ1) is 17.2. The van der Waals surface area contributed by atoms with Crippen molar-refractivity contribution in [2.75, 3.05) is 6.54 Å². The van der Waals surface area contributed by atoms with Crippen LogP contribution in [0.3, 0.4) is 0 Å². The SMILES string of the molecule is C=CCn1c(CCCNC(=O)c2ccccc2Cl)nc2ccccc21. The molecule has 0 fully saturated rings. The van der Waals surface area contributed by atoms with E-state index in [1.54, 1.807) is 18.2 Å². The lowest BCUT2D eigenvalue weighted by atomic mass is 10.2. The smallest absolute Gasteiger partial charge is 0.252 e. The van der Waals surface area contributed by atoms with Crippen molar-refractivity contribution in [3.8, 4) is 0 Å². The number of imidazole rings is 1. The maximum Gasteiger partial charge on any atom is 0.252 e. The Bertz CT molecular complexity index is 901. The third-order valence-electron chi connectivity index (χ3n) is 4.03. The summed E-state index contributed by atoms with van der Waals surface area (Å²) in [7, 11) is 0. The minimum Gasteiger partial charge on any atom is -0.352 e. The number of fused-ring (bicyclic) bond motifs is 1. The lowest BCUT2D eigenvalue weighted by Gasteiger charge is -2.08. The molecule has 3 aromatic rings. The molecule has 128 valence electrons. The fraction of sp³-hybridized carbons (Fsp3) is 0.200. The topological polar surface area (TPSA) is 46.9 Å². The van der Waals surface area contributed by atoms with E-state index >= 15 is 0 Å². The van der Waals surface area contributed by atoms with Gasteiger partial charge >= 0.3 is 0 Å². The lowest BCUT2D eigenvalue weighted by Crippen LogP contribution is -2.25. The summed E-state index contributed by atoms with van der Waals surface area (Å²) >= 11 is 6.04. The normalized spacial score (nSPS) is 10.8. The Morgan fingerprint density at radius 3 is 2.76 bits per heavy atom. The Hall–Kier alpha value is -2.59. The maximum absolute atomic E-state index is 12.2. The first-order valence-electron chi connectivity index (χ1n) is 8.28. The zero-order chi connectivity index (χ0) is 17.6. The van der Waals surface area contributed by atoms with Gasteiger partial charge in [-0.1, -0.05) is 41.9 Å². The maximum atomic E-state index is 12.2. The van der Waals surface area contributed by atoms with Gasteiger partial charge in [-0.25, -0.2) is 4.98 Å². The van der Waals surface area contributed by atoms with Gasteiger partial charge in [0.2, 0.25) is 0 Å². The second kappa shape index (κ2) is 7.99. The monoisotopic (exact) mass is 353 g/mol. The second-order valence-corrected chi connectivity index (χ2v) is 6.16. The third kappa shape index (κ3) is 3.91. The molecule has 5 heteroatoms. The molecular weight excluding hydrogens is 334 g/mol. The van der Waals surface area contributed by atoms with Crippen molar-refractivity contribution in [3.05, 3.63) is 77.6 Å². The highest BCUT2D eigenvalue weighted by Crippen LogP contribution is 2.17. The first-order chi connectivity index (χ1) is 12.2. The summed E-state index contributed by atoms with van der Waals surface area (Å²) in [5.74, 6) is 0.860. The Morgan fingerprint density at radius 1 is 1.20 bits per heavy atom. The van der Waals surface area contributed by atoms with Crippen LogP contribution in [0.15, 0.2) is 61.2 Å². The number of hydrogen-bond donors (Lipinski definition) is 1. The van der Waals surface area contributed by atoms with E-state index in [1.807, 2.05) is 30.3 Å². The molecule has 0 aliphatic heterocycles. The minimum absolute atomic E-state index is 0.148. The van der Waals surface area contributed by atoms with Gasteiger partial charge < -0.3 is 9.88 Å². The van der Waals surface area contributed by atoms with Gasteiger partial charge in [-0.2, -0.15) is 0 Å². The predicted octanol–water partition coefficient (Wildman–Crippen LogP) is 4.24. The molecule has 25 heavy (non-hydrogen) atoms. The van der Waals surface area contributed by atoms with E-state index in [0.717, 1.165) is 36.2 Å². The van der Waals surface area contributed by atoms with Gasteiger partial charge in [-0.3, -0.25) is 4.79 Å². The van der Waals surface area contributed by atoms with Crippen LogP contribution in [0.1, 0.15) is 22.6 Å². The third-order valence-corrected chi connectivity index (χ3v) is 4.36. The fourth-order valence-electron chi connectivity index (χ4n) is 2.84. The van der Waals surface area contributed by atoms with Crippen LogP contribution >= 0.6 is 11.6 Å². The number of aromatic nitrogens is 2. The Labute approximate surface area is 152 Å². The molecule has 4 nitrogen and oxygen atoms in total. The molecule has 0 radical (unpaired) electrons. The number of allylic oxidation sites excluding steroid dienone is 1. The molecule has 0 atom stereocenters. The summed E-state index contributed by atoms with van der Waals surface area (Å²) in [5, 5.41) is 3.38. The number of carbonyl (C=O) groups is 1. The standard InChI is InChI=1S/C20H20ClN3O/c1-2-14-24-18-11-6-5-10-17(18)23-19(24)12-7-13-22-20(25)15-8-3-4-9-16(15)21/h2-6,8-11H,1,7,12-14H2,(H,22,25). The Balaban J connectivity index is 1.62. The summed E-state index contributed by atoms with van der Waals surface area (Å²) in [6, 6.07) is 15.1. The van der Waals surface area contributed by atoms with E-state index in [-0.39, 0.29) is 5.91 Å². The summed E-state index contributed by atoms with van der Waals surface area (Å²) in [4.78, 5) is 16.9. The number of aryl methyl sites for hydroxylation is 1. The minimum atomic E-state index is -0.148. The highest BCUT2D eigenvalue weighted by Gasteiger charge is 2.11. The molecule has 3 rings (SSSR count). The molecule has 0 aliphatic carbocycles. The summed E-state index contributed by atoms with van der Waals surface area (Å²) in [6.45, 7) is 5.12. The van der Waals surface area contributed by atoms with Crippen molar-refractivity contribution < 1.29 is 4.79 Å². The van der Waals surface area contributed by atoms with Crippen LogP contribution in [0.5, 0.6) is 0 Å². The van der Waals surface area contributed by atoms with E-state index in [0.29, 0.717) is 17.1 Å². The van der Waals surface area contributed by atoms with Gasteiger partial charge in [0, 0.05) is 19.5 Å². The van der Waals surface area contributed by atoms with E-state index in [2.05, 4.69) is 22.5 Å². The van der Waals surface area contributed by atoms with Gasteiger partial charge in [-0.15, -0.1) is 6.58 Å². The van der Waals surface area contributed by atoms with E-state index in [4.69, 9.17) is 16.6 Å². The first-order valence-corrected chi connectivity index (χ1v) is 8.66. The number of rotatable bonds is 7. The molecule has 1 heterocycles. The summed E-state index contributed by atoms with van der Waals surface area (Å²) in [5.41, 5.74) is 2.60. The number of para-hydroxylation sites is 2. The molecule has 1 aromatic heterocycles. The highest BCUT2D eigenvalue weighted by molar-refractivity contribution is 6.33. The Morgan fingerprint density at radius 2 is 1.96 bits per heavy atom. The molecule has 0 bridgehead atoms. The number of amides is 1. The zero-order valence-electron chi connectivity index (χ0n) is 13.9. The molecule has 2 aromatic carbocycles. The zero-order valence-corrected chi connectivity index (χ0v) is 14.7. The van der Waals surface area contributed by atoms with Crippen LogP contribution in [-0.4, -0.2) is 22.0 Å². The molecule has 0 saturated carbocycles. The average Bonchev–Trinajstić information content (AvgIpc) is 2.97. The van der Waals surface area contributed by atoms with E-state index < -0.39 is 0 Å². The fourth-order valence-corrected chi connectivity index (χ4v) is 3.06. The van der Waals surface area contributed by atoms with Crippen LogP contribution in [0.25, 0.3) is 11.0 Å². The molecular formula is C20H20ClN3O. The quantitative estimate of drug-likeness (QED) is 0.510. The van der Waals surface area contributed by atoms with Crippen molar-refractivity contribution in [2.45, 2.75) is 19.4 Å². The number of benzene rings is 2. The number of nitrogens with one attached hydrogen (secondary N) is 1. The van der Waals surface area contributed by atoms with Crippen LogP contribution in [0.4, 0.5) is 0 Å². The van der Waals surface area contributed by atoms with Gasteiger partial charge in [0.15, 0.2) is 0 Å². The van der Waals surface area contributed by atoms with Crippen LogP contribution in [0.2, 0.25) is 5.02 Å². The lowest BCUT2D eigenvalue weighted by molar-refractivity contribution is 0.0953. The number of carbonyl (C=O) groups excluding carboxylic acids is 1. The molecule has 0 aliphatic rings. The van der Waals surface area contributed by atoms with Gasteiger partial charge in [-0.05, 0) is 30.7 Å². The highest BCUT2D eigenvalue weighted by atomic mass is 35.5. The van der Waals surface area contributed by atoms with Gasteiger partial charge in [0.05, 0.1) is 21.6 Å².